The Morgan fingerprint density at radius 2 is 2.07 bits per heavy atom. The Morgan fingerprint density at radius 1 is 1.40 bits per heavy atom. The molecule has 0 N–H and O–H groups in total. The van der Waals surface area contributed by atoms with E-state index in [0.717, 1.165) is 4.90 Å². The third-order valence-electron chi connectivity index (χ3n) is 1.93. The Balaban J connectivity index is 3.05. The second kappa shape index (κ2) is 5.26. The van der Waals surface area contributed by atoms with Crippen LogP contribution >= 0.6 is 11.8 Å². The average molecular weight is 230 g/mol. The SMILES string of the molecule is CSc1cc(CC(C)=O)cc(C(F)F)c1. The van der Waals surface area contributed by atoms with Crippen LogP contribution in [-0.2, 0) is 11.2 Å². The molecule has 1 rings (SSSR count). The molecule has 0 fully saturated rings. The molecule has 0 aliphatic carbocycles. The number of carbonyl (C=O) groups excluding carboxylic acids is 1. The van der Waals surface area contributed by atoms with Crippen molar-refractivity contribution < 1.29 is 13.6 Å². The van der Waals surface area contributed by atoms with E-state index in [2.05, 4.69) is 0 Å². The summed E-state index contributed by atoms with van der Waals surface area (Å²) in [7, 11) is 0. The average Bonchev–Trinajstić information content (AvgIpc) is 2.16. The van der Waals surface area contributed by atoms with Crippen LogP contribution in [0.1, 0.15) is 24.5 Å². The van der Waals surface area contributed by atoms with Crippen molar-refractivity contribution in [2.75, 3.05) is 6.26 Å². The molecule has 0 saturated carbocycles. The molecule has 0 aromatic heterocycles. The molecule has 4 heteroatoms. The normalized spacial score (nSPS) is 10.7. The van der Waals surface area contributed by atoms with Gasteiger partial charge in [0.25, 0.3) is 6.43 Å². The van der Waals surface area contributed by atoms with Crippen LogP contribution in [0.3, 0.4) is 0 Å². The van der Waals surface area contributed by atoms with Gasteiger partial charge in [0, 0.05) is 16.9 Å². The van der Waals surface area contributed by atoms with Gasteiger partial charge >= 0.3 is 0 Å². The van der Waals surface area contributed by atoms with Crippen LogP contribution in [0.25, 0.3) is 0 Å². The van der Waals surface area contributed by atoms with E-state index in [-0.39, 0.29) is 17.8 Å². The smallest absolute Gasteiger partial charge is 0.263 e. The molecular weight excluding hydrogens is 218 g/mol. The molecule has 0 amide bonds. The second-order valence-corrected chi connectivity index (χ2v) is 4.17. The third kappa shape index (κ3) is 3.63. The van der Waals surface area contributed by atoms with Crippen molar-refractivity contribution in [1.82, 2.24) is 0 Å². The summed E-state index contributed by atoms with van der Waals surface area (Å²) in [6, 6.07) is 4.63. The Kier molecular flexibility index (Phi) is 4.27. The number of thioether (sulfide) groups is 1. The number of hydrogen-bond donors (Lipinski definition) is 0. The lowest BCUT2D eigenvalue weighted by atomic mass is 10.1. The highest BCUT2D eigenvalue weighted by Crippen LogP contribution is 2.26. The van der Waals surface area contributed by atoms with Crippen molar-refractivity contribution in [3.05, 3.63) is 29.3 Å². The van der Waals surface area contributed by atoms with E-state index in [1.54, 1.807) is 6.07 Å². The molecular formula is C11H12F2OS. The third-order valence-corrected chi connectivity index (χ3v) is 2.64. The van der Waals surface area contributed by atoms with Crippen molar-refractivity contribution in [3.63, 3.8) is 0 Å². The lowest BCUT2D eigenvalue weighted by Gasteiger charge is -2.06. The molecule has 0 heterocycles. The lowest BCUT2D eigenvalue weighted by molar-refractivity contribution is -0.116. The van der Waals surface area contributed by atoms with Crippen LogP contribution in [-0.4, -0.2) is 12.0 Å². The van der Waals surface area contributed by atoms with E-state index in [0.29, 0.717) is 5.56 Å². The minimum absolute atomic E-state index is 0.0156. The van der Waals surface area contributed by atoms with Crippen molar-refractivity contribution in [3.8, 4) is 0 Å². The van der Waals surface area contributed by atoms with Crippen LogP contribution in [0.5, 0.6) is 0 Å². The molecule has 82 valence electrons. The summed E-state index contributed by atoms with van der Waals surface area (Å²) in [5.74, 6) is -0.0199. The fraction of sp³-hybridized carbons (Fsp3) is 0.364. The topological polar surface area (TPSA) is 17.1 Å². The molecule has 0 aliphatic heterocycles. The van der Waals surface area contributed by atoms with Gasteiger partial charge in [0.15, 0.2) is 0 Å². The summed E-state index contributed by atoms with van der Waals surface area (Å²) >= 11 is 1.40. The van der Waals surface area contributed by atoms with E-state index >= 15 is 0 Å². The van der Waals surface area contributed by atoms with E-state index in [1.165, 1.54) is 30.8 Å². The number of carbonyl (C=O) groups is 1. The summed E-state index contributed by atoms with van der Waals surface area (Å²) in [5, 5.41) is 0. The number of halogens is 2. The summed E-state index contributed by atoms with van der Waals surface area (Å²) in [5.41, 5.74) is 0.641. The molecule has 0 aliphatic rings. The first kappa shape index (κ1) is 12.2. The van der Waals surface area contributed by atoms with Gasteiger partial charge in [-0.1, -0.05) is 0 Å². The summed E-state index contributed by atoms with van der Waals surface area (Å²) in [6.07, 6.45) is -0.446. The number of alkyl halides is 2. The predicted molar refractivity (Wildman–Crippen MR) is 57.6 cm³/mol. The Labute approximate surface area is 91.9 Å². The van der Waals surface area contributed by atoms with Gasteiger partial charge in [-0.15, -0.1) is 11.8 Å². The summed E-state index contributed by atoms with van der Waals surface area (Å²) in [4.78, 5) is 11.7. The van der Waals surface area contributed by atoms with Crippen molar-refractivity contribution in [2.24, 2.45) is 0 Å². The molecule has 0 atom stereocenters. The van der Waals surface area contributed by atoms with Gasteiger partial charge < -0.3 is 0 Å². The minimum atomic E-state index is -2.48. The molecule has 0 bridgehead atoms. The predicted octanol–water partition coefficient (Wildman–Crippen LogP) is 3.48. The number of ketones is 1. The van der Waals surface area contributed by atoms with Crippen molar-refractivity contribution >= 4 is 17.5 Å². The maximum Gasteiger partial charge on any atom is 0.263 e. The molecule has 0 spiro atoms. The summed E-state index contributed by atoms with van der Waals surface area (Å²) < 4.78 is 25.0. The molecule has 0 saturated heterocycles. The Bertz CT molecular complexity index is 364. The fourth-order valence-corrected chi connectivity index (χ4v) is 1.84. The Hall–Kier alpha value is -0.900. The first-order valence-corrected chi connectivity index (χ1v) is 5.71. The van der Waals surface area contributed by atoms with Gasteiger partial charge in [0.05, 0.1) is 0 Å². The molecule has 1 nitrogen and oxygen atoms in total. The standard InChI is InChI=1S/C11H12F2OS/c1-7(14)3-8-4-9(11(12)13)6-10(5-8)15-2/h4-6,11H,3H2,1-2H3. The lowest BCUT2D eigenvalue weighted by Crippen LogP contribution is -1.98. The highest BCUT2D eigenvalue weighted by Gasteiger charge is 2.10. The highest BCUT2D eigenvalue weighted by molar-refractivity contribution is 7.98. The maximum absolute atomic E-state index is 12.5. The number of Topliss-reactive ketones (excluding diaryl/α,β-unsaturated/α-hetero) is 1. The maximum atomic E-state index is 12.5. The Morgan fingerprint density at radius 3 is 2.53 bits per heavy atom. The quantitative estimate of drug-likeness (QED) is 0.737. The fourth-order valence-electron chi connectivity index (χ4n) is 1.32. The zero-order chi connectivity index (χ0) is 11.4. The first-order valence-electron chi connectivity index (χ1n) is 4.48. The number of hydrogen-bond acceptors (Lipinski definition) is 2. The zero-order valence-corrected chi connectivity index (χ0v) is 9.41. The van der Waals surface area contributed by atoms with Gasteiger partial charge in [-0.3, -0.25) is 4.79 Å². The number of benzene rings is 1. The zero-order valence-electron chi connectivity index (χ0n) is 8.59. The van der Waals surface area contributed by atoms with E-state index in [9.17, 15) is 13.6 Å². The second-order valence-electron chi connectivity index (χ2n) is 3.29. The van der Waals surface area contributed by atoms with E-state index in [1.807, 2.05) is 6.26 Å². The first-order chi connectivity index (χ1) is 7.02. The van der Waals surface area contributed by atoms with Crippen LogP contribution in [0.2, 0.25) is 0 Å². The van der Waals surface area contributed by atoms with E-state index in [4.69, 9.17) is 0 Å². The van der Waals surface area contributed by atoms with Gasteiger partial charge in [-0.05, 0) is 36.9 Å². The van der Waals surface area contributed by atoms with Gasteiger partial charge in [-0.2, -0.15) is 0 Å². The number of rotatable bonds is 4. The monoisotopic (exact) mass is 230 g/mol. The summed E-state index contributed by atoms with van der Waals surface area (Å²) in [6.45, 7) is 1.45. The van der Waals surface area contributed by atoms with Crippen molar-refractivity contribution in [2.45, 2.75) is 24.7 Å². The van der Waals surface area contributed by atoms with Crippen LogP contribution in [0, 0.1) is 0 Å². The van der Waals surface area contributed by atoms with Gasteiger partial charge in [0.1, 0.15) is 5.78 Å². The molecule has 15 heavy (non-hydrogen) atoms. The molecule has 1 aromatic carbocycles. The van der Waals surface area contributed by atoms with Gasteiger partial charge in [-0.25, -0.2) is 8.78 Å². The highest BCUT2D eigenvalue weighted by atomic mass is 32.2. The van der Waals surface area contributed by atoms with Crippen molar-refractivity contribution in [1.29, 1.82) is 0 Å². The minimum Gasteiger partial charge on any atom is -0.300 e. The molecule has 1 aromatic rings. The van der Waals surface area contributed by atoms with E-state index < -0.39 is 6.43 Å². The van der Waals surface area contributed by atoms with Crippen LogP contribution in [0.15, 0.2) is 23.1 Å². The van der Waals surface area contributed by atoms with Crippen LogP contribution in [0.4, 0.5) is 8.78 Å². The largest absolute Gasteiger partial charge is 0.300 e. The van der Waals surface area contributed by atoms with Gasteiger partial charge in [0.2, 0.25) is 0 Å². The molecule has 0 radical (unpaired) electrons. The van der Waals surface area contributed by atoms with Crippen LogP contribution < -0.4 is 0 Å². The molecule has 0 unspecified atom stereocenters.